The lowest BCUT2D eigenvalue weighted by molar-refractivity contribution is -0.0503. The monoisotopic (exact) mass is 251 g/mol. The molecule has 96 valence electrons. The Kier molecular flexibility index (Phi) is 4.10. The number of aryl methyl sites for hydroxylation is 1. The first-order valence-corrected chi connectivity index (χ1v) is 5.88. The second kappa shape index (κ2) is 5.78. The minimum atomic E-state index is -2.80. The first-order chi connectivity index (χ1) is 8.72. The number of halogens is 2. The molecule has 0 aliphatic rings. The molecule has 0 aromatic heterocycles. The molecule has 0 fully saturated rings. The smallest absolute Gasteiger partial charge is 0.387 e. The Hall–Kier alpha value is -1.68. The Bertz CT molecular complexity index is 528. The molecule has 0 aliphatic heterocycles. The summed E-state index contributed by atoms with van der Waals surface area (Å²) >= 11 is 0. The van der Waals surface area contributed by atoms with Gasteiger partial charge in [0.25, 0.3) is 0 Å². The van der Waals surface area contributed by atoms with Crippen LogP contribution in [0, 0.1) is 0 Å². The van der Waals surface area contributed by atoms with Crippen LogP contribution in [0.25, 0.3) is 10.8 Å². The number of benzene rings is 2. The molecule has 0 saturated heterocycles. The van der Waals surface area contributed by atoms with Crippen LogP contribution in [0.1, 0.15) is 12.0 Å². The largest absolute Gasteiger partial charge is 0.435 e. The Morgan fingerprint density at radius 2 is 1.89 bits per heavy atom. The first-order valence-electron chi connectivity index (χ1n) is 5.88. The van der Waals surface area contributed by atoms with Gasteiger partial charge in [-0.2, -0.15) is 8.78 Å². The van der Waals surface area contributed by atoms with E-state index in [1.54, 1.807) is 12.1 Å². The summed E-state index contributed by atoms with van der Waals surface area (Å²) in [5, 5.41) is 1.97. The third-order valence-corrected chi connectivity index (χ3v) is 2.84. The van der Waals surface area contributed by atoms with E-state index in [-0.39, 0.29) is 5.75 Å². The van der Waals surface area contributed by atoms with E-state index in [1.165, 1.54) is 0 Å². The topological polar surface area (TPSA) is 35.2 Å². The van der Waals surface area contributed by atoms with Gasteiger partial charge in [-0.25, -0.2) is 0 Å². The number of rotatable bonds is 5. The number of ether oxygens (including phenoxy) is 1. The summed E-state index contributed by atoms with van der Waals surface area (Å²) in [6.07, 6.45) is 1.38. The van der Waals surface area contributed by atoms with Gasteiger partial charge in [0.1, 0.15) is 5.75 Å². The third kappa shape index (κ3) is 2.76. The van der Waals surface area contributed by atoms with Crippen molar-refractivity contribution < 1.29 is 13.5 Å². The zero-order valence-corrected chi connectivity index (χ0v) is 9.90. The molecule has 0 unspecified atom stereocenters. The van der Waals surface area contributed by atoms with Gasteiger partial charge in [-0.1, -0.05) is 30.3 Å². The zero-order valence-electron chi connectivity index (χ0n) is 9.90. The van der Waals surface area contributed by atoms with Crippen LogP contribution in [0.15, 0.2) is 36.4 Å². The van der Waals surface area contributed by atoms with Crippen molar-refractivity contribution in [3.05, 3.63) is 42.0 Å². The normalized spacial score (nSPS) is 11.1. The molecule has 0 radical (unpaired) electrons. The average molecular weight is 251 g/mol. The number of hydrogen-bond acceptors (Lipinski definition) is 2. The summed E-state index contributed by atoms with van der Waals surface area (Å²) in [5.74, 6) is 0.247. The van der Waals surface area contributed by atoms with Gasteiger partial charge in [0.15, 0.2) is 0 Å². The quantitative estimate of drug-likeness (QED) is 0.884. The number of nitrogens with two attached hydrogens (primary N) is 1. The highest BCUT2D eigenvalue weighted by Crippen LogP contribution is 2.30. The van der Waals surface area contributed by atoms with Crippen molar-refractivity contribution in [2.45, 2.75) is 19.5 Å². The fourth-order valence-electron chi connectivity index (χ4n) is 2.06. The molecule has 0 amide bonds. The average Bonchev–Trinajstić information content (AvgIpc) is 2.37. The molecule has 2 N–H and O–H groups in total. The summed E-state index contributed by atoms with van der Waals surface area (Å²) < 4.78 is 29.3. The van der Waals surface area contributed by atoms with Crippen LogP contribution in [0.5, 0.6) is 5.75 Å². The molecular weight excluding hydrogens is 236 g/mol. The van der Waals surface area contributed by atoms with E-state index in [4.69, 9.17) is 5.73 Å². The van der Waals surface area contributed by atoms with E-state index in [9.17, 15) is 8.78 Å². The van der Waals surface area contributed by atoms with Gasteiger partial charge in [-0.05, 0) is 36.2 Å². The second-order valence-corrected chi connectivity index (χ2v) is 4.03. The highest BCUT2D eigenvalue weighted by molar-refractivity contribution is 5.87. The van der Waals surface area contributed by atoms with Crippen molar-refractivity contribution >= 4 is 10.8 Å². The van der Waals surface area contributed by atoms with Gasteiger partial charge >= 0.3 is 6.61 Å². The van der Waals surface area contributed by atoms with E-state index >= 15 is 0 Å². The minimum Gasteiger partial charge on any atom is -0.435 e. The molecule has 0 atom stereocenters. The lowest BCUT2D eigenvalue weighted by Crippen LogP contribution is -2.06. The summed E-state index contributed by atoms with van der Waals surface area (Å²) in [7, 11) is 0. The van der Waals surface area contributed by atoms with Crippen LogP contribution in [-0.4, -0.2) is 13.2 Å². The van der Waals surface area contributed by atoms with Crippen LogP contribution < -0.4 is 10.5 Å². The molecule has 0 saturated carbocycles. The van der Waals surface area contributed by atoms with E-state index in [0.717, 1.165) is 22.8 Å². The lowest BCUT2D eigenvalue weighted by atomic mass is 10.00. The third-order valence-electron chi connectivity index (χ3n) is 2.84. The maximum Gasteiger partial charge on any atom is 0.387 e. The van der Waals surface area contributed by atoms with Gasteiger partial charge in [0.2, 0.25) is 0 Å². The van der Waals surface area contributed by atoms with Crippen LogP contribution in [-0.2, 0) is 6.42 Å². The van der Waals surface area contributed by atoms with Crippen LogP contribution in [0.4, 0.5) is 8.78 Å². The minimum absolute atomic E-state index is 0.247. The maximum atomic E-state index is 12.4. The SMILES string of the molecule is NCCCc1c(OC(F)F)ccc2ccccc12. The molecule has 4 heteroatoms. The molecule has 2 rings (SSSR count). The molecule has 0 aliphatic carbocycles. The van der Waals surface area contributed by atoms with Crippen molar-refractivity contribution in [1.29, 1.82) is 0 Å². The van der Waals surface area contributed by atoms with Gasteiger partial charge in [0, 0.05) is 5.56 Å². The van der Waals surface area contributed by atoms with Crippen LogP contribution >= 0.6 is 0 Å². The first kappa shape index (κ1) is 12.8. The van der Waals surface area contributed by atoms with Gasteiger partial charge < -0.3 is 10.5 Å². The molecule has 2 aromatic carbocycles. The number of alkyl halides is 2. The van der Waals surface area contributed by atoms with E-state index in [2.05, 4.69) is 4.74 Å². The van der Waals surface area contributed by atoms with Crippen molar-refractivity contribution in [3.8, 4) is 5.75 Å². The predicted molar refractivity (Wildman–Crippen MR) is 68.0 cm³/mol. The molecule has 0 spiro atoms. The highest BCUT2D eigenvalue weighted by atomic mass is 19.3. The van der Waals surface area contributed by atoms with Crippen LogP contribution in [0.3, 0.4) is 0 Å². The van der Waals surface area contributed by atoms with Crippen molar-refractivity contribution in [2.24, 2.45) is 5.73 Å². The molecule has 0 bridgehead atoms. The maximum absolute atomic E-state index is 12.4. The van der Waals surface area contributed by atoms with E-state index in [1.807, 2.05) is 24.3 Å². The molecule has 2 aromatic rings. The van der Waals surface area contributed by atoms with E-state index < -0.39 is 6.61 Å². The fraction of sp³-hybridized carbons (Fsp3) is 0.286. The zero-order chi connectivity index (χ0) is 13.0. The van der Waals surface area contributed by atoms with Crippen molar-refractivity contribution in [2.75, 3.05) is 6.54 Å². The lowest BCUT2D eigenvalue weighted by Gasteiger charge is -2.13. The summed E-state index contributed by atoms with van der Waals surface area (Å²) in [6, 6.07) is 11.1. The Morgan fingerprint density at radius 3 is 2.61 bits per heavy atom. The molecule has 0 heterocycles. The highest BCUT2D eigenvalue weighted by Gasteiger charge is 2.12. The fourth-order valence-corrected chi connectivity index (χ4v) is 2.06. The number of fused-ring (bicyclic) bond motifs is 1. The van der Waals surface area contributed by atoms with Crippen LogP contribution in [0.2, 0.25) is 0 Å². The Labute approximate surface area is 104 Å². The van der Waals surface area contributed by atoms with Gasteiger partial charge in [0.05, 0.1) is 0 Å². The summed E-state index contributed by atoms with van der Waals surface area (Å²) in [4.78, 5) is 0. The Morgan fingerprint density at radius 1 is 1.11 bits per heavy atom. The standard InChI is InChI=1S/C14H15F2NO/c15-14(16)18-13-8-7-10-4-1-2-5-11(10)12(13)6-3-9-17/h1-2,4-5,7-8,14H,3,6,9,17H2. The van der Waals surface area contributed by atoms with Gasteiger partial charge in [-0.3, -0.25) is 0 Å². The number of hydrogen-bond donors (Lipinski definition) is 1. The van der Waals surface area contributed by atoms with E-state index in [0.29, 0.717) is 13.0 Å². The Balaban J connectivity index is 2.48. The molecular formula is C14H15F2NO. The predicted octanol–water partition coefficient (Wildman–Crippen LogP) is 3.33. The summed E-state index contributed by atoms with van der Waals surface area (Å²) in [5.41, 5.74) is 6.29. The van der Waals surface area contributed by atoms with Crippen molar-refractivity contribution in [1.82, 2.24) is 0 Å². The molecule has 2 nitrogen and oxygen atoms in total. The van der Waals surface area contributed by atoms with Crippen molar-refractivity contribution in [3.63, 3.8) is 0 Å². The summed E-state index contributed by atoms with van der Waals surface area (Å²) in [6.45, 7) is -2.28. The molecule has 18 heavy (non-hydrogen) atoms. The van der Waals surface area contributed by atoms with Gasteiger partial charge in [-0.15, -0.1) is 0 Å². The second-order valence-electron chi connectivity index (χ2n) is 4.03.